The van der Waals surface area contributed by atoms with Gasteiger partial charge in [0.25, 0.3) is 0 Å². The van der Waals surface area contributed by atoms with Crippen molar-refractivity contribution in [3.8, 4) is 56.0 Å². The molecule has 0 amide bonds. The van der Waals surface area contributed by atoms with Gasteiger partial charge in [-0.05, 0) is 79.9 Å². The molecule has 0 fully saturated rings. The molecule has 1 aliphatic rings. The molecule has 8 aromatic carbocycles. The number of hydrogen-bond donors (Lipinski definition) is 0. The normalized spacial score (nSPS) is 12.8. The zero-order valence-electron chi connectivity index (χ0n) is 30.4. The quantitative estimate of drug-likeness (QED) is 0.172. The van der Waals surface area contributed by atoms with Crippen LogP contribution in [0.3, 0.4) is 0 Å². The highest BCUT2D eigenvalue weighted by atomic mass is 16.3. The first-order valence-corrected chi connectivity index (χ1v) is 19.1. The summed E-state index contributed by atoms with van der Waals surface area (Å²) >= 11 is 0. The van der Waals surface area contributed by atoms with Crippen molar-refractivity contribution in [2.45, 2.75) is 5.41 Å². The molecule has 0 unspecified atom stereocenters. The Morgan fingerprint density at radius 3 is 1.62 bits per heavy atom. The Morgan fingerprint density at radius 1 is 0.375 bits per heavy atom. The van der Waals surface area contributed by atoms with Gasteiger partial charge < -0.3 is 4.42 Å². The summed E-state index contributed by atoms with van der Waals surface area (Å²) < 4.78 is 6.52. The largest absolute Gasteiger partial charge is 0.452 e. The molecule has 262 valence electrons. The van der Waals surface area contributed by atoms with Gasteiger partial charge in [-0.3, -0.25) is 0 Å². The van der Waals surface area contributed by atoms with E-state index in [0.29, 0.717) is 11.4 Å². The minimum Gasteiger partial charge on any atom is -0.452 e. The van der Waals surface area contributed by atoms with Crippen molar-refractivity contribution in [1.29, 1.82) is 0 Å². The topological polar surface area (TPSA) is 38.9 Å². The van der Waals surface area contributed by atoms with Crippen molar-refractivity contribution in [3.05, 3.63) is 229 Å². The van der Waals surface area contributed by atoms with Crippen molar-refractivity contribution in [2.75, 3.05) is 0 Å². The van der Waals surface area contributed by atoms with E-state index in [1.165, 1.54) is 44.5 Å². The maximum Gasteiger partial charge on any atom is 0.180 e. The smallest absolute Gasteiger partial charge is 0.180 e. The highest BCUT2D eigenvalue weighted by Gasteiger charge is 2.46. The minimum absolute atomic E-state index is 0.549. The average molecular weight is 715 g/mol. The molecule has 0 aliphatic heterocycles. The fourth-order valence-corrected chi connectivity index (χ4v) is 8.89. The van der Waals surface area contributed by atoms with Gasteiger partial charge in [0.1, 0.15) is 16.8 Å². The fraction of sp³-hybridized carbons (Fsp3) is 0.0189. The van der Waals surface area contributed by atoms with Crippen LogP contribution in [0.15, 0.2) is 211 Å². The zero-order chi connectivity index (χ0) is 37.1. The number of furan rings is 1. The van der Waals surface area contributed by atoms with Crippen molar-refractivity contribution in [1.82, 2.24) is 9.97 Å². The Labute approximate surface area is 325 Å². The third-order valence-electron chi connectivity index (χ3n) is 11.4. The Balaban J connectivity index is 1.25. The molecular formula is C53H34N2O. The van der Waals surface area contributed by atoms with Crippen LogP contribution < -0.4 is 0 Å². The van der Waals surface area contributed by atoms with Gasteiger partial charge in [0, 0.05) is 16.5 Å². The zero-order valence-corrected chi connectivity index (χ0v) is 30.4. The van der Waals surface area contributed by atoms with Crippen LogP contribution in [-0.4, -0.2) is 9.97 Å². The van der Waals surface area contributed by atoms with Crippen molar-refractivity contribution in [3.63, 3.8) is 0 Å². The van der Waals surface area contributed by atoms with Gasteiger partial charge in [0.2, 0.25) is 0 Å². The van der Waals surface area contributed by atoms with E-state index in [-0.39, 0.29) is 0 Å². The predicted octanol–water partition coefficient (Wildman–Crippen LogP) is 13.4. The Kier molecular flexibility index (Phi) is 7.39. The summed E-state index contributed by atoms with van der Waals surface area (Å²) in [6, 6.07) is 73.5. The molecular weight excluding hydrogens is 681 g/mol. The number of hydrogen-bond acceptors (Lipinski definition) is 3. The van der Waals surface area contributed by atoms with Gasteiger partial charge in [-0.25, -0.2) is 9.97 Å². The van der Waals surface area contributed by atoms with Gasteiger partial charge in [-0.15, -0.1) is 0 Å². The van der Waals surface area contributed by atoms with Crippen LogP contribution in [0.2, 0.25) is 0 Å². The van der Waals surface area contributed by atoms with E-state index in [2.05, 4.69) is 170 Å². The lowest BCUT2D eigenvalue weighted by Crippen LogP contribution is -2.28. The molecule has 3 nitrogen and oxygen atoms in total. The maximum atomic E-state index is 6.52. The third-order valence-corrected chi connectivity index (χ3v) is 11.4. The van der Waals surface area contributed by atoms with Gasteiger partial charge in [0.15, 0.2) is 11.4 Å². The third kappa shape index (κ3) is 4.91. The van der Waals surface area contributed by atoms with E-state index in [4.69, 9.17) is 14.4 Å². The van der Waals surface area contributed by atoms with Crippen LogP contribution in [0.4, 0.5) is 0 Å². The fourth-order valence-electron chi connectivity index (χ4n) is 8.89. The molecule has 2 aromatic heterocycles. The summed E-state index contributed by atoms with van der Waals surface area (Å²) in [7, 11) is 0. The molecule has 0 saturated carbocycles. The summed E-state index contributed by atoms with van der Waals surface area (Å²) in [6.07, 6.45) is 0. The SMILES string of the molecule is c1ccc(-c2ccc(-c3cc4c(cc3-c3nc(-c5ccccc5)c5oc6ccccc6c5n3)-c3ccccc3C4(c3ccccc3)c3ccccc3)cc2)cc1. The highest BCUT2D eigenvalue weighted by Crippen LogP contribution is 2.58. The molecule has 0 radical (unpaired) electrons. The van der Waals surface area contributed by atoms with E-state index < -0.39 is 5.41 Å². The molecule has 0 saturated heterocycles. The summed E-state index contributed by atoms with van der Waals surface area (Å²) in [5.41, 5.74) is 16.3. The minimum atomic E-state index is -0.549. The molecule has 0 bridgehead atoms. The first kappa shape index (κ1) is 32.1. The molecule has 2 heterocycles. The van der Waals surface area contributed by atoms with E-state index in [9.17, 15) is 0 Å². The van der Waals surface area contributed by atoms with Crippen LogP contribution in [0.1, 0.15) is 22.3 Å². The lowest BCUT2D eigenvalue weighted by Gasteiger charge is -2.34. The van der Waals surface area contributed by atoms with Gasteiger partial charge >= 0.3 is 0 Å². The van der Waals surface area contributed by atoms with E-state index in [0.717, 1.165) is 44.4 Å². The lowest BCUT2D eigenvalue weighted by atomic mass is 9.67. The Hall–Kier alpha value is -7.36. The number of rotatable bonds is 6. The number of aromatic nitrogens is 2. The summed E-state index contributed by atoms with van der Waals surface area (Å²) in [5.74, 6) is 0.655. The van der Waals surface area contributed by atoms with Crippen molar-refractivity contribution in [2.24, 2.45) is 0 Å². The van der Waals surface area contributed by atoms with Crippen LogP contribution in [0, 0.1) is 0 Å². The lowest BCUT2D eigenvalue weighted by molar-refractivity contribution is 0.667. The Bertz CT molecular complexity index is 3000. The maximum absolute atomic E-state index is 6.52. The number of nitrogens with zero attached hydrogens (tertiary/aromatic N) is 2. The van der Waals surface area contributed by atoms with Crippen LogP contribution in [0.25, 0.3) is 78.1 Å². The number of para-hydroxylation sites is 1. The first-order chi connectivity index (χ1) is 27.8. The monoisotopic (exact) mass is 714 g/mol. The molecule has 0 N–H and O–H groups in total. The van der Waals surface area contributed by atoms with Gasteiger partial charge in [-0.1, -0.05) is 182 Å². The number of fused-ring (bicyclic) bond motifs is 6. The molecule has 56 heavy (non-hydrogen) atoms. The summed E-state index contributed by atoms with van der Waals surface area (Å²) in [5, 5.41) is 0.968. The molecule has 0 spiro atoms. The van der Waals surface area contributed by atoms with E-state index in [1.807, 2.05) is 36.4 Å². The second kappa shape index (κ2) is 12.9. The second-order valence-corrected chi connectivity index (χ2v) is 14.5. The average Bonchev–Trinajstić information content (AvgIpc) is 3.80. The van der Waals surface area contributed by atoms with Crippen LogP contribution >= 0.6 is 0 Å². The predicted molar refractivity (Wildman–Crippen MR) is 228 cm³/mol. The first-order valence-electron chi connectivity index (χ1n) is 19.1. The second-order valence-electron chi connectivity index (χ2n) is 14.5. The van der Waals surface area contributed by atoms with Gasteiger partial charge in [0.05, 0.1) is 5.41 Å². The van der Waals surface area contributed by atoms with Gasteiger partial charge in [-0.2, -0.15) is 0 Å². The van der Waals surface area contributed by atoms with Crippen molar-refractivity contribution >= 4 is 22.1 Å². The van der Waals surface area contributed by atoms with E-state index in [1.54, 1.807) is 0 Å². The Morgan fingerprint density at radius 2 is 0.929 bits per heavy atom. The van der Waals surface area contributed by atoms with Crippen LogP contribution in [0.5, 0.6) is 0 Å². The molecule has 11 rings (SSSR count). The molecule has 10 aromatic rings. The van der Waals surface area contributed by atoms with Crippen molar-refractivity contribution < 1.29 is 4.42 Å². The molecule has 1 aliphatic carbocycles. The summed E-state index contributed by atoms with van der Waals surface area (Å²) in [6.45, 7) is 0. The summed E-state index contributed by atoms with van der Waals surface area (Å²) in [4.78, 5) is 10.8. The van der Waals surface area contributed by atoms with E-state index >= 15 is 0 Å². The van der Waals surface area contributed by atoms with Crippen LogP contribution in [-0.2, 0) is 5.41 Å². The number of benzene rings is 8. The molecule has 3 heteroatoms. The standard InChI is InChI=1S/C53H34N2O/c1-5-17-35(18-6-1)36-29-31-37(32-30-36)43-34-47-44(41-25-13-15-27-46(41)53(47,39-21-9-3-10-22-39)40-23-11-4-12-24-40)33-45(43)52-54-49(38-19-7-2-8-20-38)51-50(55-52)42-26-14-16-28-48(42)56-51/h1-34H. The molecule has 0 atom stereocenters. The highest BCUT2D eigenvalue weighted by molar-refractivity contribution is 6.07.